The van der Waals surface area contributed by atoms with Gasteiger partial charge in [-0.1, -0.05) is 29.8 Å². The number of carbonyl (C=O) groups is 3. The molecule has 1 aliphatic heterocycles. The van der Waals surface area contributed by atoms with Gasteiger partial charge in [-0.05, 0) is 60.7 Å². The molecule has 5 rings (SSSR count). The van der Waals surface area contributed by atoms with E-state index in [0.29, 0.717) is 22.0 Å². The van der Waals surface area contributed by atoms with Crippen molar-refractivity contribution in [3.05, 3.63) is 71.3 Å². The van der Waals surface area contributed by atoms with Crippen molar-refractivity contribution < 1.29 is 14.4 Å². The van der Waals surface area contributed by atoms with Gasteiger partial charge in [0.25, 0.3) is 5.91 Å². The molecule has 1 saturated carbocycles. The number of hydrogen-bond donors (Lipinski definition) is 1. The fourth-order valence-corrected chi connectivity index (χ4v) is 4.81. The van der Waals surface area contributed by atoms with Crippen LogP contribution in [0.4, 0.5) is 11.4 Å². The van der Waals surface area contributed by atoms with Crippen LogP contribution in [0.25, 0.3) is 0 Å². The number of allylic oxidation sites excluding steroid dienone is 2. The van der Waals surface area contributed by atoms with Gasteiger partial charge in [0.1, 0.15) is 0 Å². The van der Waals surface area contributed by atoms with E-state index in [0.717, 1.165) is 6.42 Å². The minimum atomic E-state index is -0.315. The van der Waals surface area contributed by atoms with Gasteiger partial charge in [0, 0.05) is 16.3 Å². The second kappa shape index (κ2) is 6.31. The molecular weight excluding hydrogens is 376 g/mol. The molecule has 5 nitrogen and oxygen atoms in total. The Bertz CT molecular complexity index is 1000. The highest BCUT2D eigenvalue weighted by Gasteiger charge is 2.59. The van der Waals surface area contributed by atoms with Gasteiger partial charge in [0.2, 0.25) is 11.8 Å². The number of nitrogens with one attached hydrogen (secondary N) is 1. The van der Waals surface area contributed by atoms with Gasteiger partial charge >= 0.3 is 0 Å². The molecule has 4 unspecified atom stereocenters. The standard InChI is InChI=1S/C22H17ClN2O3/c23-15-6-8-16(9-7-15)24-20(26)14-2-1-3-17(11-14)25-21(27)18-12-4-5-13(10-12)19(18)22(25)28/h1-9,11-13,18-19H,10H2,(H,24,26). The van der Waals surface area contributed by atoms with E-state index in [1.807, 2.05) is 0 Å². The summed E-state index contributed by atoms with van der Waals surface area (Å²) in [6.07, 6.45) is 5.02. The fraction of sp³-hybridized carbons (Fsp3) is 0.227. The molecular formula is C22H17ClN2O3. The Hall–Kier alpha value is -2.92. The van der Waals surface area contributed by atoms with Crippen molar-refractivity contribution in [3.8, 4) is 0 Å². The number of hydrogen-bond acceptors (Lipinski definition) is 3. The van der Waals surface area contributed by atoms with Crippen LogP contribution in [0.5, 0.6) is 0 Å². The van der Waals surface area contributed by atoms with Gasteiger partial charge in [0.15, 0.2) is 0 Å². The molecule has 2 aromatic rings. The van der Waals surface area contributed by atoms with Crippen molar-refractivity contribution in [3.63, 3.8) is 0 Å². The molecule has 4 atom stereocenters. The van der Waals surface area contributed by atoms with Crippen molar-refractivity contribution >= 4 is 40.7 Å². The van der Waals surface area contributed by atoms with E-state index in [9.17, 15) is 14.4 Å². The number of imide groups is 1. The monoisotopic (exact) mass is 392 g/mol. The van der Waals surface area contributed by atoms with Crippen LogP contribution < -0.4 is 10.2 Å². The molecule has 2 aromatic carbocycles. The number of amides is 3. The lowest BCUT2D eigenvalue weighted by molar-refractivity contribution is -0.123. The van der Waals surface area contributed by atoms with E-state index < -0.39 is 0 Å². The van der Waals surface area contributed by atoms with E-state index >= 15 is 0 Å². The Morgan fingerprint density at radius 3 is 2.25 bits per heavy atom. The molecule has 3 amide bonds. The molecule has 0 aromatic heterocycles. The van der Waals surface area contributed by atoms with Crippen LogP contribution in [0.1, 0.15) is 16.8 Å². The minimum Gasteiger partial charge on any atom is -0.322 e. The molecule has 28 heavy (non-hydrogen) atoms. The Kier molecular flexibility index (Phi) is 3.88. The third-order valence-electron chi connectivity index (χ3n) is 5.94. The highest BCUT2D eigenvalue weighted by atomic mass is 35.5. The van der Waals surface area contributed by atoms with E-state index in [4.69, 9.17) is 11.6 Å². The lowest BCUT2D eigenvalue weighted by Gasteiger charge is -2.18. The molecule has 3 aliphatic rings. The zero-order valence-corrected chi connectivity index (χ0v) is 15.6. The maximum atomic E-state index is 12.9. The molecule has 0 radical (unpaired) electrons. The molecule has 140 valence electrons. The van der Waals surface area contributed by atoms with E-state index in [1.165, 1.54) is 4.90 Å². The summed E-state index contributed by atoms with van der Waals surface area (Å²) in [5, 5.41) is 3.38. The number of anilines is 2. The lowest BCUT2D eigenvalue weighted by atomic mass is 9.85. The second-order valence-corrected chi connectivity index (χ2v) is 7.96. The first-order chi connectivity index (χ1) is 13.5. The number of benzene rings is 2. The van der Waals surface area contributed by atoms with Crippen molar-refractivity contribution in [1.82, 2.24) is 0 Å². The number of fused-ring (bicyclic) bond motifs is 5. The van der Waals surface area contributed by atoms with Gasteiger partial charge < -0.3 is 5.32 Å². The smallest absolute Gasteiger partial charge is 0.255 e. The molecule has 2 aliphatic carbocycles. The van der Waals surface area contributed by atoms with Gasteiger partial charge in [-0.2, -0.15) is 0 Å². The van der Waals surface area contributed by atoms with Crippen LogP contribution in [0.2, 0.25) is 5.02 Å². The summed E-state index contributed by atoms with van der Waals surface area (Å²) in [6.45, 7) is 0. The summed E-state index contributed by atoms with van der Waals surface area (Å²) in [6, 6.07) is 13.4. The number of halogens is 1. The first kappa shape index (κ1) is 17.2. The van der Waals surface area contributed by atoms with Gasteiger partial charge in [-0.25, -0.2) is 4.90 Å². The lowest BCUT2D eigenvalue weighted by Crippen LogP contribution is -2.33. The maximum absolute atomic E-state index is 12.9. The number of rotatable bonds is 3. The third kappa shape index (κ3) is 2.58. The van der Waals surface area contributed by atoms with Gasteiger partial charge in [-0.15, -0.1) is 0 Å². The van der Waals surface area contributed by atoms with Gasteiger partial charge in [0.05, 0.1) is 17.5 Å². The SMILES string of the molecule is O=C(Nc1ccc(Cl)cc1)c1cccc(N2C(=O)C3C4C=CC(C4)C3C2=O)c1. The van der Waals surface area contributed by atoms with E-state index in [1.54, 1.807) is 48.5 Å². The van der Waals surface area contributed by atoms with Crippen molar-refractivity contribution in [2.24, 2.45) is 23.7 Å². The van der Waals surface area contributed by atoms with E-state index in [2.05, 4.69) is 17.5 Å². The normalized spacial score (nSPS) is 27.4. The Labute approximate surface area is 167 Å². The molecule has 0 spiro atoms. The van der Waals surface area contributed by atoms with Crippen molar-refractivity contribution in [1.29, 1.82) is 0 Å². The Morgan fingerprint density at radius 2 is 1.61 bits per heavy atom. The summed E-state index contributed by atoms with van der Waals surface area (Å²) >= 11 is 5.86. The number of nitrogens with zero attached hydrogens (tertiary/aromatic N) is 1. The predicted molar refractivity (Wildman–Crippen MR) is 106 cm³/mol. The zero-order valence-electron chi connectivity index (χ0n) is 14.8. The quantitative estimate of drug-likeness (QED) is 0.636. The van der Waals surface area contributed by atoms with Crippen molar-refractivity contribution in [2.75, 3.05) is 10.2 Å². The highest BCUT2D eigenvalue weighted by Crippen LogP contribution is 2.53. The topological polar surface area (TPSA) is 66.5 Å². The molecule has 1 N–H and O–H groups in total. The highest BCUT2D eigenvalue weighted by molar-refractivity contribution is 6.30. The molecule has 2 fully saturated rings. The maximum Gasteiger partial charge on any atom is 0.255 e. The minimum absolute atomic E-state index is 0.151. The van der Waals surface area contributed by atoms with Crippen LogP contribution in [-0.2, 0) is 9.59 Å². The van der Waals surface area contributed by atoms with Crippen LogP contribution >= 0.6 is 11.6 Å². The van der Waals surface area contributed by atoms with Crippen LogP contribution in [0, 0.1) is 23.7 Å². The summed E-state index contributed by atoms with van der Waals surface area (Å²) in [5.41, 5.74) is 1.45. The zero-order chi connectivity index (χ0) is 19.4. The summed E-state index contributed by atoms with van der Waals surface area (Å²) in [4.78, 5) is 39.8. The van der Waals surface area contributed by atoms with Crippen LogP contribution in [0.15, 0.2) is 60.7 Å². The van der Waals surface area contributed by atoms with Gasteiger partial charge in [-0.3, -0.25) is 14.4 Å². The summed E-state index contributed by atoms with van der Waals surface area (Å²) in [5.74, 6) is -0.807. The average molecular weight is 393 g/mol. The van der Waals surface area contributed by atoms with Crippen molar-refractivity contribution in [2.45, 2.75) is 6.42 Å². The molecule has 1 saturated heterocycles. The second-order valence-electron chi connectivity index (χ2n) is 7.52. The molecule has 1 heterocycles. The first-order valence-corrected chi connectivity index (χ1v) is 9.64. The largest absolute Gasteiger partial charge is 0.322 e. The Balaban J connectivity index is 1.40. The fourth-order valence-electron chi connectivity index (χ4n) is 4.68. The molecule has 2 bridgehead atoms. The summed E-state index contributed by atoms with van der Waals surface area (Å²) < 4.78 is 0. The Morgan fingerprint density at radius 1 is 0.964 bits per heavy atom. The van der Waals surface area contributed by atoms with Crippen LogP contribution in [-0.4, -0.2) is 17.7 Å². The molecule has 6 heteroatoms. The van der Waals surface area contributed by atoms with Crippen LogP contribution in [0.3, 0.4) is 0 Å². The van der Waals surface area contributed by atoms with E-state index in [-0.39, 0.29) is 41.4 Å². The first-order valence-electron chi connectivity index (χ1n) is 9.26. The average Bonchev–Trinajstić information content (AvgIpc) is 3.37. The predicted octanol–water partition coefficient (Wildman–Crippen LogP) is 3.90. The summed E-state index contributed by atoms with van der Waals surface area (Å²) in [7, 11) is 0. The third-order valence-corrected chi connectivity index (χ3v) is 6.19. The number of carbonyl (C=O) groups excluding carboxylic acids is 3.